The van der Waals surface area contributed by atoms with Crippen LogP contribution < -0.4 is 0 Å². The standard InChI is InChI=1S/C20H25NO/c1-14-12-17-18(20(4,5)10-9-19(17,2)3)13-15(14)6-7-16-8-11-21-22-16/h6-8,11-13H,9-10H2,1-5H3. The smallest absolute Gasteiger partial charge is 0.159 e. The van der Waals surface area contributed by atoms with Crippen molar-refractivity contribution >= 4 is 12.2 Å². The van der Waals surface area contributed by atoms with Crippen LogP contribution in [0, 0.1) is 6.92 Å². The van der Waals surface area contributed by atoms with Crippen molar-refractivity contribution in [1.82, 2.24) is 5.16 Å². The fraction of sp³-hybridized carbons (Fsp3) is 0.450. The van der Waals surface area contributed by atoms with Crippen LogP contribution in [0.5, 0.6) is 0 Å². The Hall–Kier alpha value is -1.83. The molecule has 1 aromatic carbocycles. The van der Waals surface area contributed by atoms with Gasteiger partial charge in [-0.1, -0.05) is 51.1 Å². The topological polar surface area (TPSA) is 26.0 Å². The fourth-order valence-corrected chi connectivity index (χ4v) is 3.40. The third-order valence-electron chi connectivity index (χ3n) is 5.12. The summed E-state index contributed by atoms with van der Waals surface area (Å²) in [5.41, 5.74) is 6.10. The molecule has 0 N–H and O–H groups in total. The van der Waals surface area contributed by atoms with Crippen LogP contribution >= 0.6 is 0 Å². The maximum atomic E-state index is 5.14. The molecule has 2 aromatic rings. The number of fused-ring (bicyclic) bond motifs is 1. The van der Waals surface area contributed by atoms with Crippen molar-refractivity contribution in [3.05, 3.63) is 52.4 Å². The quantitative estimate of drug-likeness (QED) is 0.731. The minimum atomic E-state index is 0.243. The Morgan fingerprint density at radius 1 is 1.00 bits per heavy atom. The summed E-state index contributed by atoms with van der Waals surface area (Å²) in [5, 5.41) is 3.74. The molecule has 2 heteroatoms. The second kappa shape index (κ2) is 5.12. The molecule has 0 amide bonds. The van der Waals surface area contributed by atoms with E-state index in [0.29, 0.717) is 0 Å². The summed E-state index contributed by atoms with van der Waals surface area (Å²) in [6, 6.07) is 6.63. The van der Waals surface area contributed by atoms with E-state index in [9.17, 15) is 0 Å². The zero-order chi connectivity index (χ0) is 16.0. The lowest BCUT2D eigenvalue weighted by atomic mass is 9.62. The van der Waals surface area contributed by atoms with Gasteiger partial charge in [-0.3, -0.25) is 0 Å². The number of benzene rings is 1. The molecule has 1 aliphatic carbocycles. The average Bonchev–Trinajstić information content (AvgIpc) is 2.95. The molecule has 2 nitrogen and oxygen atoms in total. The molecule has 1 aromatic heterocycles. The molecule has 3 rings (SSSR count). The van der Waals surface area contributed by atoms with Crippen LogP contribution in [0.15, 0.2) is 28.9 Å². The maximum Gasteiger partial charge on any atom is 0.159 e. The summed E-state index contributed by atoms with van der Waals surface area (Å²) >= 11 is 0. The fourth-order valence-electron chi connectivity index (χ4n) is 3.40. The molecule has 0 radical (unpaired) electrons. The Bertz CT molecular complexity index is 706. The van der Waals surface area contributed by atoms with E-state index < -0.39 is 0 Å². The van der Waals surface area contributed by atoms with Crippen molar-refractivity contribution in [1.29, 1.82) is 0 Å². The lowest BCUT2D eigenvalue weighted by molar-refractivity contribution is 0.331. The SMILES string of the molecule is Cc1cc2c(cc1C=Cc1ccno1)C(C)(C)CCC2(C)C. The van der Waals surface area contributed by atoms with E-state index >= 15 is 0 Å². The van der Waals surface area contributed by atoms with Gasteiger partial charge in [0.2, 0.25) is 0 Å². The highest BCUT2D eigenvalue weighted by Crippen LogP contribution is 2.46. The summed E-state index contributed by atoms with van der Waals surface area (Å²) in [5.74, 6) is 0.789. The van der Waals surface area contributed by atoms with Gasteiger partial charge in [0.15, 0.2) is 5.76 Å². The molecule has 116 valence electrons. The van der Waals surface area contributed by atoms with Crippen LogP contribution in [0.25, 0.3) is 12.2 Å². The third-order valence-corrected chi connectivity index (χ3v) is 5.12. The second-order valence-electron chi connectivity index (χ2n) is 7.77. The summed E-state index contributed by atoms with van der Waals surface area (Å²) in [6.45, 7) is 11.6. The van der Waals surface area contributed by atoms with Gasteiger partial charge in [0.05, 0.1) is 6.20 Å². The molecule has 0 spiro atoms. The predicted octanol–water partition coefficient (Wildman–Crippen LogP) is 5.50. The first kappa shape index (κ1) is 15.1. The zero-order valence-corrected chi connectivity index (χ0v) is 14.2. The highest BCUT2D eigenvalue weighted by Gasteiger charge is 2.37. The van der Waals surface area contributed by atoms with Crippen LogP contribution in [0.3, 0.4) is 0 Å². The second-order valence-corrected chi connectivity index (χ2v) is 7.77. The largest absolute Gasteiger partial charge is 0.357 e. The molecule has 0 atom stereocenters. The molecule has 0 saturated heterocycles. The van der Waals surface area contributed by atoms with Crippen molar-refractivity contribution in [2.24, 2.45) is 0 Å². The van der Waals surface area contributed by atoms with E-state index in [1.165, 1.54) is 35.1 Å². The molecular weight excluding hydrogens is 270 g/mol. The molecule has 0 saturated carbocycles. The van der Waals surface area contributed by atoms with Gasteiger partial charge in [-0.05, 0) is 58.9 Å². The normalized spacial score (nSPS) is 19.3. The van der Waals surface area contributed by atoms with Crippen molar-refractivity contribution in [2.45, 2.75) is 58.3 Å². The van der Waals surface area contributed by atoms with Gasteiger partial charge < -0.3 is 4.52 Å². The lowest BCUT2D eigenvalue weighted by Gasteiger charge is -2.42. The highest BCUT2D eigenvalue weighted by atomic mass is 16.5. The van der Waals surface area contributed by atoms with Crippen molar-refractivity contribution in [3.63, 3.8) is 0 Å². The number of nitrogens with zero attached hydrogens (tertiary/aromatic N) is 1. The number of hydrogen-bond acceptors (Lipinski definition) is 2. The van der Waals surface area contributed by atoms with Gasteiger partial charge in [-0.2, -0.15) is 0 Å². The zero-order valence-electron chi connectivity index (χ0n) is 14.2. The molecule has 0 bridgehead atoms. The molecule has 0 aliphatic heterocycles. The molecule has 1 aliphatic rings. The van der Waals surface area contributed by atoms with Gasteiger partial charge in [-0.25, -0.2) is 0 Å². The van der Waals surface area contributed by atoms with Crippen LogP contribution in [0.4, 0.5) is 0 Å². The number of aryl methyl sites for hydroxylation is 1. The van der Waals surface area contributed by atoms with E-state index in [1.807, 2.05) is 12.1 Å². The maximum absolute atomic E-state index is 5.14. The Labute approximate surface area is 133 Å². The van der Waals surface area contributed by atoms with E-state index in [-0.39, 0.29) is 10.8 Å². The molecule has 1 heterocycles. The average molecular weight is 295 g/mol. The summed E-state index contributed by atoms with van der Waals surface area (Å²) in [7, 11) is 0. The highest BCUT2D eigenvalue weighted by molar-refractivity contribution is 5.70. The molecule has 0 fully saturated rings. The first-order chi connectivity index (χ1) is 10.3. The van der Waals surface area contributed by atoms with Gasteiger partial charge in [-0.15, -0.1) is 0 Å². The Morgan fingerprint density at radius 3 is 2.23 bits per heavy atom. The van der Waals surface area contributed by atoms with Gasteiger partial charge >= 0.3 is 0 Å². The van der Waals surface area contributed by atoms with Crippen LogP contribution in [-0.2, 0) is 10.8 Å². The predicted molar refractivity (Wildman–Crippen MR) is 91.9 cm³/mol. The summed E-state index contributed by atoms with van der Waals surface area (Å²) in [6.07, 6.45) is 8.28. The first-order valence-electron chi connectivity index (χ1n) is 8.04. The Morgan fingerprint density at radius 2 is 1.64 bits per heavy atom. The van der Waals surface area contributed by atoms with Crippen LogP contribution in [0.2, 0.25) is 0 Å². The number of rotatable bonds is 2. The van der Waals surface area contributed by atoms with Gasteiger partial charge in [0.25, 0.3) is 0 Å². The van der Waals surface area contributed by atoms with E-state index in [1.54, 1.807) is 6.20 Å². The van der Waals surface area contributed by atoms with Crippen molar-refractivity contribution in [3.8, 4) is 0 Å². The number of aromatic nitrogens is 1. The summed E-state index contributed by atoms with van der Waals surface area (Å²) < 4.78 is 5.14. The van der Waals surface area contributed by atoms with Gasteiger partial charge in [0.1, 0.15) is 0 Å². The van der Waals surface area contributed by atoms with E-state index in [0.717, 1.165) is 5.76 Å². The lowest BCUT2D eigenvalue weighted by Crippen LogP contribution is -2.34. The molecule has 22 heavy (non-hydrogen) atoms. The van der Waals surface area contributed by atoms with Crippen molar-refractivity contribution < 1.29 is 4.52 Å². The monoisotopic (exact) mass is 295 g/mol. The minimum absolute atomic E-state index is 0.243. The minimum Gasteiger partial charge on any atom is -0.357 e. The molecular formula is C20H25NO. The third kappa shape index (κ3) is 2.63. The summed E-state index contributed by atoms with van der Waals surface area (Å²) in [4.78, 5) is 0. The van der Waals surface area contributed by atoms with Crippen LogP contribution in [0.1, 0.15) is 68.6 Å². The van der Waals surface area contributed by atoms with Crippen molar-refractivity contribution in [2.75, 3.05) is 0 Å². The van der Waals surface area contributed by atoms with E-state index in [4.69, 9.17) is 4.52 Å². The first-order valence-corrected chi connectivity index (χ1v) is 8.04. The Kier molecular flexibility index (Phi) is 3.51. The Balaban J connectivity index is 2.08. The van der Waals surface area contributed by atoms with Crippen LogP contribution in [-0.4, -0.2) is 5.16 Å². The van der Waals surface area contributed by atoms with E-state index in [2.05, 4.69) is 58.0 Å². The number of hydrogen-bond donors (Lipinski definition) is 0. The van der Waals surface area contributed by atoms with Gasteiger partial charge in [0, 0.05) is 6.07 Å². The molecule has 0 unspecified atom stereocenters.